The largest absolute Gasteiger partial charge is 0.294 e. The number of aldehydes is 1. The maximum Gasteiger partial charge on any atom is 0.237 e. The Morgan fingerprint density at radius 3 is 2.57 bits per heavy atom. The molecule has 1 aromatic carbocycles. The molecular weight excluding hydrogens is 187 g/mol. The van der Waals surface area contributed by atoms with Gasteiger partial charge in [-0.2, -0.15) is 0 Å². The summed E-state index contributed by atoms with van der Waals surface area (Å²) in [5.74, 6) is -0.348. The minimum atomic E-state index is -0.343. The van der Waals surface area contributed by atoms with Gasteiger partial charge in [-0.05, 0) is 29.5 Å². The number of benzene rings is 1. The Hall–Kier alpha value is -2.11. The molecule has 70 valence electrons. The van der Waals surface area contributed by atoms with Crippen molar-refractivity contribution in [2.45, 2.75) is 0 Å². The molecule has 0 N–H and O–H groups in total. The number of nitrogens with zero attached hydrogens (tertiary/aromatic N) is 4. The molecule has 0 radical (unpaired) electrons. The highest BCUT2D eigenvalue weighted by Crippen LogP contribution is 2.05. The summed E-state index contributed by atoms with van der Waals surface area (Å²) in [5, 5.41) is 10.8. The summed E-state index contributed by atoms with van der Waals surface area (Å²) in [7, 11) is 0. The average molecular weight is 192 g/mol. The van der Waals surface area contributed by atoms with Crippen molar-refractivity contribution in [3.05, 3.63) is 35.9 Å². The zero-order valence-electron chi connectivity index (χ0n) is 6.96. The third-order valence-corrected chi connectivity index (χ3v) is 1.59. The lowest BCUT2D eigenvalue weighted by molar-refractivity contribution is 0.111. The predicted octanol–water partition coefficient (Wildman–Crippen LogP) is 0.614. The Balaban J connectivity index is 2.39. The van der Waals surface area contributed by atoms with Crippen LogP contribution in [0.3, 0.4) is 0 Å². The van der Waals surface area contributed by atoms with Crippen molar-refractivity contribution in [2.24, 2.45) is 0 Å². The lowest BCUT2D eigenvalue weighted by Gasteiger charge is -1.95. The van der Waals surface area contributed by atoms with Crippen molar-refractivity contribution in [1.29, 1.82) is 0 Å². The monoisotopic (exact) mass is 192 g/mol. The molecule has 2 aromatic rings. The molecule has 0 saturated heterocycles. The number of tetrazole rings is 1. The summed E-state index contributed by atoms with van der Waals surface area (Å²) in [5.41, 5.74) is 0.548. The minimum absolute atomic E-state index is 0.00525. The molecule has 0 fully saturated rings. The number of carbonyl (C=O) groups excluding carboxylic acids is 1. The van der Waals surface area contributed by atoms with Crippen molar-refractivity contribution < 1.29 is 9.18 Å². The predicted molar refractivity (Wildman–Crippen MR) is 44.5 cm³/mol. The van der Waals surface area contributed by atoms with Crippen LogP contribution < -0.4 is 0 Å². The normalized spacial score (nSPS) is 10.1. The smallest absolute Gasteiger partial charge is 0.237 e. The van der Waals surface area contributed by atoms with Crippen LogP contribution in [0, 0.1) is 5.82 Å². The number of hydrogen-bond acceptors (Lipinski definition) is 4. The van der Waals surface area contributed by atoms with E-state index in [1.54, 1.807) is 0 Å². The van der Waals surface area contributed by atoms with Gasteiger partial charge in [-0.3, -0.25) is 4.79 Å². The SMILES string of the molecule is O=Cc1nnn(-c2ccc(F)cc2)n1. The highest BCUT2D eigenvalue weighted by atomic mass is 19.1. The molecule has 0 aliphatic heterocycles. The number of carbonyl (C=O) groups is 1. The molecule has 5 nitrogen and oxygen atoms in total. The quantitative estimate of drug-likeness (QED) is 0.654. The van der Waals surface area contributed by atoms with Crippen LogP contribution in [0.1, 0.15) is 10.6 Å². The van der Waals surface area contributed by atoms with Crippen LogP contribution >= 0.6 is 0 Å². The summed E-state index contributed by atoms with van der Waals surface area (Å²) < 4.78 is 12.6. The molecule has 6 heteroatoms. The van der Waals surface area contributed by atoms with Gasteiger partial charge in [0.1, 0.15) is 5.82 Å². The second kappa shape index (κ2) is 3.33. The molecule has 2 rings (SSSR count). The molecule has 14 heavy (non-hydrogen) atoms. The molecule has 0 bridgehead atoms. The maximum absolute atomic E-state index is 12.6. The molecule has 0 amide bonds. The highest BCUT2D eigenvalue weighted by Gasteiger charge is 2.02. The van der Waals surface area contributed by atoms with Gasteiger partial charge < -0.3 is 0 Å². The zero-order valence-corrected chi connectivity index (χ0v) is 6.96. The Morgan fingerprint density at radius 2 is 2.00 bits per heavy atom. The van der Waals surface area contributed by atoms with Gasteiger partial charge in [0.2, 0.25) is 5.82 Å². The molecule has 0 atom stereocenters. The summed E-state index contributed by atoms with van der Waals surface area (Å²) >= 11 is 0. The number of rotatable bonds is 2. The Bertz CT molecular complexity index is 451. The van der Waals surface area contributed by atoms with E-state index in [9.17, 15) is 9.18 Å². The summed E-state index contributed by atoms with van der Waals surface area (Å²) in [4.78, 5) is 11.4. The van der Waals surface area contributed by atoms with Gasteiger partial charge in [-0.25, -0.2) is 4.39 Å². The standard InChI is InChI=1S/C8H5FN4O/c9-6-1-3-7(4-2-6)13-11-8(5-14)10-12-13/h1-5H. The van der Waals surface area contributed by atoms with Crippen LogP contribution in [0.25, 0.3) is 5.69 Å². The molecular formula is C8H5FN4O. The highest BCUT2D eigenvalue weighted by molar-refractivity contribution is 5.67. The lowest BCUT2D eigenvalue weighted by atomic mass is 10.3. The van der Waals surface area contributed by atoms with Crippen LogP contribution in [0.4, 0.5) is 4.39 Å². The summed E-state index contributed by atoms with van der Waals surface area (Å²) in [6.45, 7) is 0. The van der Waals surface area contributed by atoms with Gasteiger partial charge in [0.15, 0.2) is 6.29 Å². The maximum atomic E-state index is 12.6. The van der Waals surface area contributed by atoms with Crippen LogP contribution in [-0.2, 0) is 0 Å². The van der Waals surface area contributed by atoms with Crippen molar-refractivity contribution >= 4 is 6.29 Å². The number of hydrogen-bond donors (Lipinski definition) is 0. The first-order valence-electron chi connectivity index (χ1n) is 3.81. The lowest BCUT2D eigenvalue weighted by Crippen LogP contribution is -1.99. The third-order valence-electron chi connectivity index (χ3n) is 1.59. The van der Waals surface area contributed by atoms with Crippen molar-refractivity contribution in [3.63, 3.8) is 0 Å². The van der Waals surface area contributed by atoms with E-state index in [-0.39, 0.29) is 11.6 Å². The van der Waals surface area contributed by atoms with E-state index >= 15 is 0 Å². The van der Waals surface area contributed by atoms with Gasteiger partial charge >= 0.3 is 0 Å². The van der Waals surface area contributed by atoms with Crippen molar-refractivity contribution in [2.75, 3.05) is 0 Å². The molecule has 0 saturated carbocycles. The van der Waals surface area contributed by atoms with E-state index in [1.165, 1.54) is 24.3 Å². The molecule has 0 aliphatic carbocycles. The number of halogens is 1. The topological polar surface area (TPSA) is 60.7 Å². The van der Waals surface area contributed by atoms with Crippen LogP contribution in [0.2, 0.25) is 0 Å². The van der Waals surface area contributed by atoms with E-state index < -0.39 is 0 Å². The zero-order chi connectivity index (χ0) is 9.97. The molecule has 1 heterocycles. The molecule has 0 spiro atoms. The third kappa shape index (κ3) is 1.49. The van der Waals surface area contributed by atoms with Crippen LogP contribution in [0.5, 0.6) is 0 Å². The van der Waals surface area contributed by atoms with E-state index in [2.05, 4.69) is 15.4 Å². The fourth-order valence-electron chi connectivity index (χ4n) is 0.956. The van der Waals surface area contributed by atoms with Gasteiger partial charge in [0.25, 0.3) is 0 Å². The van der Waals surface area contributed by atoms with E-state index in [0.717, 1.165) is 4.80 Å². The average Bonchev–Trinajstić information content (AvgIpc) is 2.67. The fraction of sp³-hybridized carbons (Fsp3) is 0. The Labute approximate surface area is 78.2 Å². The van der Waals surface area contributed by atoms with Gasteiger partial charge in [0.05, 0.1) is 5.69 Å². The first kappa shape index (κ1) is 8.49. The Morgan fingerprint density at radius 1 is 1.29 bits per heavy atom. The van der Waals surface area contributed by atoms with E-state index in [4.69, 9.17) is 0 Å². The minimum Gasteiger partial charge on any atom is -0.294 e. The first-order valence-corrected chi connectivity index (χ1v) is 3.81. The number of aromatic nitrogens is 4. The second-order valence-electron chi connectivity index (χ2n) is 2.53. The van der Waals surface area contributed by atoms with Crippen LogP contribution in [-0.4, -0.2) is 26.5 Å². The summed E-state index contributed by atoms with van der Waals surface area (Å²) in [6, 6.07) is 5.54. The van der Waals surface area contributed by atoms with Crippen LogP contribution in [0.15, 0.2) is 24.3 Å². The van der Waals surface area contributed by atoms with Gasteiger partial charge in [0, 0.05) is 0 Å². The van der Waals surface area contributed by atoms with Crippen molar-refractivity contribution in [3.8, 4) is 5.69 Å². The molecule has 0 aliphatic rings. The van der Waals surface area contributed by atoms with Gasteiger partial charge in [-0.1, -0.05) is 0 Å². The molecule has 0 unspecified atom stereocenters. The second-order valence-corrected chi connectivity index (χ2v) is 2.53. The fourth-order valence-corrected chi connectivity index (χ4v) is 0.956. The Kier molecular flexibility index (Phi) is 2.02. The summed E-state index contributed by atoms with van der Waals surface area (Å²) in [6.07, 6.45) is 0.493. The van der Waals surface area contributed by atoms with E-state index in [1.807, 2.05) is 0 Å². The first-order chi connectivity index (χ1) is 6.79. The van der Waals surface area contributed by atoms with Crippen molar-refractivity contribution in [1.82, 2.24) is 20.2 Å². The van der Waals surface area contributed by atoms with Gasteiger partial charge in [-0.15, -0.1) is 15.0 Å². The molecule has 1 aromatic heterocycles. The van der Waals surface area contributed by atoms with E-state index in [0.29, 0.717) is 12.0 Å².